The molecule has 12 nitrogen and oxygen atoms in total. The molecule has 8 atom stereocenters. The van der Waals surface area contributed by atoms with E-state index in [9.17, 15) is 40.9 Å². The molecule has 10 N–H and O–H groups in total. The van der Waals surface area contributed by atoms with Crippen LogP contribution in [0.4, 0.5) is 0 Å². The van der Waals surface area contributed by atoms with Gasteiger partial charge in [0.1, 0.15) is 49.0 Å². The number of nitrogens with zero attached hydrogens (tertiary/aromatic N) is 1. The molecular formula is C26H41NO11. The molecule has 216 valence electrons. The Hall–Kier alpha value is -1.94. The van der Waals surface area contributed by atoms with Crippen LogP contribution in [0.15, 0.2) is 36.4 Å². The fourth-order valence-electron chi connectivity index (χ4n) is 4.01. The summed E-state index contributed by atoms with van der Waals surface area (Å²) in [4.78, 5) is 1.38. The molecular weight excluding hydrogens is 502 g/mol. The van der Waals surface area contributed by atoms with E-state index in [-0.39, 0.29) is 26.2 Å². The van der Waals surface area contributed by atoms with Gasteiger partial charge in [0.15, 0.2) is 0 Å². The monoisotopic (exact) mass is 543 g/mol. The Morgan fingerprint density at radius 1 is 0.658 bits per heavy atom. The number of fused-ring (bicyclic) bond motifs is 1. The van der Waals surface area contributed by atoms with Gasteiger partial charge in [-0.15, -0.1) is 0 Å². The molecule has 0 heterocycles. The van der Waals surface area contributed by atoms with Crippen molar-refractivity contribution in [2.24, 2.45) is 0 Å². The largest absolute Gasteiger partial charge is 0.492 e. The lowest BCUT2D eigenvalue weighted by Crippen LogP contribution is -2.53. The summed E-state index contributed by atoms with van der Waals surface area (Å²) in [6.45, 7) is -0.251. The lowest BCUT2D eigenvalue weighted by Gasteiger charge is -2.33. The van der Waals surface area contributed by atoms with E-state index >= 15 is 0 Å². The molecule has 2 aromatic rings. The molecule has 0 aromatic heterocycles. The SMILES string of the molecule is CCc1ccc2ccc(OCCN(C[C@H](O)[C@@H](O)[C@H](O)[C@H](O)CO)C[C@H](O)[C@@H](O)[C@H](O)[C@H](O)CO)cc2c1. The van der Waals surface area contributed by atoms with Gasteiger partial charge < -0.3 is 55.8 Å². The third-order valence-electron chi connectivity index (χ3n) is 6.50. The second kappa shape index (κ2) is 15.6. The van der Waals surface area contributed by atoms with Crippen molar-refractivity contribution in [3.63, 3.8) is 0 Å². The van der Waals surface area contributed by atoms with Gasteiger partial charge in [-0.2, -0.15) is 0 Å². The summed E-state index contributed by atoms with van der Waals surface area (Å²) < 4.78 is 5.83. The minimum atomic E-state index is -1.85. The van der Waals surface area contributed by atoms with E-state index in [0.29, 0.717) is 5.75 Å². The van der Waals surface area contributed by atoms with E-state index in [0.717, 1.165) is 17.2 Å². The number of aryl methyl sites for hydroxylation is 1. The van der Waals surface area contributed by atoms with Gasteiger partial charge in [0.05, 0.1) is 25.4 Å². The zero-order valence-corrected chi connectivity index (χ0v) is 21.4. The van der Waals surface area contributed by atoms with Crippen LogP contribution in [-0.4, -0.2) is 144 Å². The standard InChI is InChI=1S/C26H41NO11/c1-2-15-3-4-16-5-6-18(10-17(16)9-15)38-8-7-27(11-19(30)23(34)25(36)21(32)13-28)12-20(31)24(35)26(37)22(33)14-29/h3-6,9-10,19-26,28-37H,2,7-8,11-14H2,1H3/t19-,20-,21+,22+,23+,24+,25+,26+/m0/s1. The van der Waals surface area contributed by atoms with Crippen LogP contribution in [0, 0.1) is 0 Å². The molecule has 0 aliphatic carbocycles. The Kier molecular flexibility index (Phi) is 13.2. The van der Waals surface area contributed by atoms with E-state index in [1.807, 2.05) is 24.3 Å². The second-order valence-electron chi connectivity index (χ2n) is 9.40. The zero-order valence-electron chi connectivity index (χ0n) is 21.4. The number of hydrogen-bond donors (Lipinski definition) is 10. The Balaban J connectivity index is 2.10. The van der Waals surface area contributed by atoms with Gasteiger partial charge in [-0.1, -0.05) is 31.2 Å². The first-order valence-corrected chi connectivity index (χ1v) is 12.6. The van der Waals surface area contributed by atoms with Gasteiger partial charge >= 0.3 is 0 Å². The molecule has 2 aromatic carbocycles. The molecule has 0 saturated heterocycles. The van der Waals surface area contributed by atoms with Gasteiger partial charge in [-0.3, -0.25) is 4.90 Å². The van der Waals surface area contributed by atoms with E-state index in [1.165, 1.54) is 10.5 Å². The average molecular weight is 544 g/mol. The summed E-state index contributed by atoms with van der Waals surface area (Å²) >= 11 is 0. The Morgan fingerprint density at radius 3 is 1.66 bits per heavy atom. The normalized spacial score (nSPS) is 18.5. The topological polar surface area (TPSA) is 215 Å². The minimum absolute atomic E-state index is 0.0498. The van der Waals surface area contributed by atoms with Crippen molar-refractivity contribution in [2.75, 3.05) is 39.5 Å². The molecule has 0 fully saturated rings. The number of benzene rings is 2. The molecule has 0 saturated carbocycles. The molecule has 0 unspecified atom stereocenters. The average Bonchev–Trinajstić information content (AvgIpc) is 2.93. The van der Waals surface area contributed by atoms with Gasteiger partial charge in [0, 0.05) is 19.6 Å². The van der Waals surface area contributed by atoms with E-state index in [1.54, 1.807) is 6.07 Å². The highest BCUT2D eigenvalue weighted by molar-refractivity contribution is 5.84. The predicted molar refractivity (Wildman–Crippen MR) is 137 cm³/mol. The van der Waals surface area contributed by atoms with Crippen molar-refractivity contribution in [1.82, 2.24) is 4.90 Å². The quantitative estimate of drug-likeness (QED) is 0.0964. The van der Waals surface area contributed by atoms with Gasteiger partial charge in [0.2, 0.25) is 0 Å². The lowest BCUT2D eigenvalue weighted by atomic mass is 10.0. The van der Waals surface area contributed by atoms with Crippen molar-refractivity contribution in [3.8, 4) is 5.75 Å². The maximum absolute atomic E-state index is 10.4. The van der Waals surface area contributed by atoms with Crippen LogP contribution in [-0.2, 0) is 6.42 Å². The second-order valence-corrected chi connectivity index (χ2v) is 9.40. The zero-order chi connectivity index (χ0) is 28.4. The molecule has 0 radical (unpaired) electrons. The molecule has 0 bridgehead atoms. The molecule has 0 aliphatic rings. The third-order valence-corrected chi connectivity index (χ3v) is 6.50. The maximum Gasteiger partial charge on any atom is 0.120 e. The molecule has 12 heteroatoms. The molecule has 0 spiro atoms. The number of rotatable bonds is 17. The predicted octanol–water partition coefficient (Wildman–Crippen LogP) is -3.05. The summed E-state index contributed by atoms with van der Waals surface area (Å²) in [6, 6.07) is 11.7. The molecule has 38 heavy (non-hydrogen) atoms. The maximum atomic E-state index is 10.4. The van der Waals surface area contributed by atoms with Crippen LogP contribution in [0.2, 0.25) is 0 Å². The molecule has 0 aliphatic heterocycles. The van der Waals surface area contributed by atoms with Crippen LogP contribution in [0.1, 0.15) is 12.5 Å². The van der Waals surface area contributed by atoms with E-state index in [4.69, 9.17) is 14.9 Å². The summed E-state index contributed by atoms with van der Waals surface area (Å²) in [5.74, 6) is 0.565. The summed E-state index contributed by atoms with van der Waals surface area (Å²) in [7, 11) is 0. The summed E-state index contributed by atoms with van der Waals surface area (Å²) in [5, 5.41) is 100. The fourth-order valence-corrected chi connectivity index (χ4v) is 4.01. The van der Waals surface area contributed by atoms with Crippen LogP contribution >= 0.6 is 0 Å². The van der Waals surface area contributed by atoms with Crippen LogP contribution in [0.3, 0.4) is 0 Å². The Morgan fingerprint density at radius 2 is 1.16 bits per heavy atom. The minimum Gasteiger partial charge on any atom is -0.492 e. The summed E-state index contributed by atoms with van der Waals surface area (Å²) in [5.41, 5.74) is 1.17. The van der Waals surface area contributed by atoms with Crippen LogP contribution < -0.4 is 4.74 Å². The highest BCUT2D eigenvalue weighted by atomic mass is 16.5. The van der Waals surface area contributed by atoms with Gasteiger partial charge in [-0.05, 0) is 34.9 Å². The number of hydrogen-bond acceptors (Lipinski definition) is 12. The van der Waals surface area contributed by atoms with Crippen molar-refractivity contribution >= 4 is 10.8 Å². The molecule has 0 amide bonds. The number of aliphatic hydroxyl groups excluding tert-OH is 10. The van der Waals surface area contributed by atoms with Crippen molar-refractivity contribution in [1.29, 1.82) is 0 Å². The number of aliphatic hydroxyl groups is 10. The summed E-state index contributed by atoms with van der Waals surface area (Å²) in [6.07, 6.45) is -13.2. The van der Waals surface area contributed by atoms with E-state index in [2.05, 4.69) is 13.0 Å². The van der Waals surface area contributed by atoms with Crippen LogP contribution in [0.25, 0.3) is 10.8 Å². The van der Waals surface area contributed by atoms with Gasteiger partial charge in [0.25, 0.3) is 0 Å². The Bertz CT molecular complexity index is 934. The van der Waals surface area contributed by atoms with Gasteiger partial charge in [-0.25, -0.2) is 0 Å². The van der Waals surface area contributed by atoms with Crippen molar-refractivity contribution in [2.45, 2.75) is 62.2 Å². The van der Waals surface area contributed by atoms with E-state index < -0.39 is 62.0 Å². The Labute approximate surface area is 221 Å². The molecule has 2 rings (SSSR count). The first-order chi connectivity index (χ1) is 18.0. The van der Waals surface area contributed by atoms with Crippen molar-refractivity contribution < 1.29 is 55.8 Å². The first kappa shape index (κ1) is 32.3. The fraction of sp³-hybridized carbons (Fsp3) is 0.615. The third kappa shape index (κ3) is 9.07. The first-order valence-electron chi connectivity index (χ1n) is 12.6. The smallest absolute Gasteiger partial charge is 0.120 e. The number of ether oxygens (including phenoxy) is 1. The van der Waals surface area contributed by atoms with Crippen molar-refractivity contribution in [3.05, 3.63) is 42.0 Å². The van der Waals surface area contributed by atoms with Crippen LogP contribution in [0.5, 0.6) is 5.75 Å². The lowest BCUT2D eigenvalue weighted by molar-refractivity contribution is -0.130. The highest BCUT2D eigenvalue weighted by Crippen LogP contribution is 2.22. The highest BCUT2D eigenvalue weighted by Gasteiger charge is 2.34.